The first kappa shape index (κ1) is 12.2. The Balaban J connectivity index is 3.78. The van der Waals surface area contributed by atoms with E-state index in [2.05, 4.69) is 6.92 Å². The molecule has 0 aromatic heterocycles. The molecule has 0 aromatic rings. The molecule has 1 unspecified atom stereocenters. The van der Waals surface area contributed by atoms with Gasteiger partial charge in [0, 0.05) is 5.57 Å². The van der Waals surface area contributed by atoms with Gasteiger partial charge in [0.25, 0.3) is 0 Å². The van der Waals surface area contributed by atoms with E-state index in [1.165, 1.54) is 13.0 Å². The van der Waals surface area contributed by atoms with Crippen LogP contribution in [0.25, 0.3) is 0 Å². The number of rotatable bonds is 6. The van der Waals surface area contributed by atoms with E-state index in [-0.39, 0.29) is 5.57 Å². The molecule has 3 heteroatoms. The molecule has 0 amide bonds. The summed E-state index contributed by atoms with van der Waals surface area (Å²) in [5.41, 5.74) is 0.212. The highest BCUT2D eigenvalue weighted by Gasteiger charge is 2.04. The van der Waals surface area contributed by atoms with Gasteiger partial charge in [0.1, 0.15) is 0 Å². The van der Waals surface area contributed by atoms with Crippen molar-refractivity contribution in [2.75, 3.05) is 0 Å². The van der Waals surface area contributed by atoms with Gasteiger partial charge in [-0.05, 0) is 19.4 Å². The third-order valence-corrected chi connectivity index (χ3v) is 1.88. The average molecular weight is 186 g/mol. The molecule has 0 rings (SSSR count). The molecule has 0 spiro atoms. The molecule has 0 aliphatic heterocycles. The van der Waals surface area contributed by atoms with E-state index in [0.29, 0.717) is 6.42 Å². The van der Waals surface area contributed by atoms with Crippen LogP contribution < -0.4 is 0 Å². The Morgan fingerprint density at radius 2 is 2.08 bits per heavy atom. The van der Waals surface area contributed by atoms with Gasteiger partial charge < -0.3 is 10.2 Å². The number of carboxylic acid groups (broad SMARTS) is 1. The maximum absolute atomic E-state index is 10.4. The molecule has 13 heavy (non-hydrogen) atoms. The maximum Gasteiger partial charge on any atom is 0.331 e. The predicted molar refractivity (Wildman–Crippen MR) is 51.5 cm³/mol. The Bertz CT molecular complexity index is 185. The summed E-state index contributed by atoms with van der Waals surface area (Å²) in [6.45, 7) is 3.58. The number of hydrogen-bond donors (Lipinski definition) is 2. The van der Waals surface area contributed by atoms with Crippen molar-refractivity contribution in [1.29, 1.82) is 0 Å². The highest BCUT2D eigenvalue weighted by atomic mass is 16.4. The lowest BCUT2D eigenvalue weighted by Gasteiger charge is -2.05. The minimum atomic E-state index is -0.963. The van der Waals surface area contributed by atoms with Gasteiger partial charge in [-0.3, -0.25) is 0 Å². The molecule has 0 aromatic carbocycles. The van der Waals surface area contributed by atoms with Crippen LogP contribution in [0.2, 0.25) is 0 Å². The van der Waals surface area contributed by atoms with Gasteiger partial charge in [0.2, 0.25) is 0 Å². The number of unbranched alkanes of at least 4 members (excludes halogenated alkanes) is 2. The molecule has 0 bridgehead atoms. The van der Waals surface area contributed by atoms with Gasteiger partial charge in [-0.15, -0.1) is 0 Å². The smallest absolute Gasteiger partial charge is 0.331 e. The van der Waals surface area contributed by atoms with Crippen molar-refractivity contribution in [1.82, 2.24) is 0 Å². The molecule has 0 saturated carbocycles. The summed E-state index contributed by atoms with van der Waals surface area (Å²) in [6, 6.07) is 0. The minimum Gasteiger partial charge on any atom is -0.478 e. The van der Waals surface area contributed by atoms with Crippen LogP contribution in [-0.2, 0) is 4.79 Å². The Labute approximate surface area is 79.1 Å². The summed E-state index contributed by atoms with van der Waals surface area (Å²) in [7, 11) is 0. The molecule has 2 N–H and O–H groups in total. The van der Waals surface area contributed by atoms with Crippen LogP contribution in [0, 0.1) is 0 Å². The van der Waals surface area contributed by atoms with Crippen LogP contribution >= 0.6 is 0 Å². The Morgan fingerprint density at radius 1 is 1.46 bits per heavy atom. The highest BCUT2D eigenvalue weighted by molar-refractivity contribution is 5.85. The summed E-state index contributed by atoms with van der Waals surface area (Å²) in [5.74, 6) is -0.963. The Hall–Kier alpha value is -0.830. The van der Waals surface area contributed by atoms with Crippen molar-refractivity contribution in [2.24, 2.45) is 0 Å². The molecule has 76 valence electrons. The van der Waals surface area contributed by atoms with E-state index in [9.17, 15) is 9.90 Å². The fraction of sp³-hybridized carbons (Fsp3) is 0.700. The highest BCUT2D eigenvalue weighted by Crippen LogP contribution is 2.06. The van der Waals surface area contributed by atoms with Crippen molar-refractivity contribution in [2.45, 2.75) is 45.6 Å². The lowest BCUT2D eigenvalue weighted by atomic mass is 10.1. The summed E-state index contributed by atoms with van der Waals surface area (Å²) in [6.07, 6.45) is 4.57. The number of hydrogen-bond acceptors (Lipinski definition) is 2. The van der Waals surface area contributed by atoms with Crippen LogP contribution in [-0.4, -0.2) is 22.3 Å². The van der Waals surface area contributed by atoms with Gasteiger partial charge in [0.15, 0.2) is 0 Å². The van der Waals surface area contributed by atoms with Crippen LogP contribution in [0.15, 0.2) is 11.6 Å². The first-order valence-electron chi connectivity index (χ1n) is 4.67. The summed E-state index contributed by atoms with van der Waals surface area (Å²) < 4.78 is 0. The molecule has 1 atom stereocenters. The molecule has 0 aliphatic carbocycles. The number of carboxylic acids is 1. The zero-order valence-corrected chi connectivity index (χ0v) is 8.29. The van der Waals surface area contributed by atoms with E-state index >= 15 is 0 Å². The summed E-state index contributed by atoms with van der Waals surface area (Å²) in [4.78, 5) is 10.4. The SMILES string of the molecule is CCCCCC(O)/C=C(\C)C(=O)O. The molecular formula is C10H18O3. The lowest BCUT2D eigenvalue weighted by Crippen LogP contribution is -2.06. The van der Waals surface area contributed by atoms with Crippen molar-refractivity contribution < 1.29 is 15.0 Å². The average Bonchev–Trinajstić information content (AvgIpc) is 2.04. The monoisotopic (exact) mass is 186 g/mol. The van der Waals surface area contributed by atoms with E-state index in [1.807, 2.05) is 0 Å². The topological polar surface area (TPSA) is 57.5 Å². The third kappa shape index (κ3) is 6.34. The van der Waals surface area contributed by atoms with Gasteiger partial charge in [0.05, 0.1) is 6.10 Å². The number of carbonyl (C=O) groups is 1. The summed E-state index contributed by atoms with van der Waals surface area (Å²) >= 11 is 0. The van der Waals surface area contributed by atoms with Gasteiger partial charge in [-0.2, -0.15) is 0 Å². The van der Waals surface area contributed by atoms with Gasteiger partial charge in [-0.25, -0.2) is 4.79 Å². The van der Waals surface area contributed by atoms with Crippen molar-refractivity contribution >= 4 is 5.97 Å². The molecule has 0 radical (unpaired) electrons. The zero-order valence-electron chi connectivity index (χ0n) is 8.29. The normalized spacial score (nSPS) is 14.2. The van der Waals surface area contributed by atoms with Crippen LogP contribution in [0.4, 0.5) is 0 Å². The first-order chi connectivity index (χ1) is 6.07. The molecule has 0 saturated heterocycles. The largest absolute Gasteiger partial charge is 0.478 e. The second-order valence-electron chi connectivity index (χ2n) is 3.22. The lowest BCUT2D eigenvalue weighted by molar-refractivity contribution is -0.132. The standard InChI is InChI=1S/C10H18O3/c1-3-4-5-6-9(11)7-8(2)10(12)13/h7,9,11H,3-6H2,1-2H3,(H,12,13)/b8-7+. The van der Waals surface area contributed by atoms with Crippen LogP contribution in [0.3, 0.4) is 0 Å². The van der Waals surface area contributed by atoms with Crippen molar-refractivity contribution in [3.63, 3.8) is 0 Å². The zero-order chi connectivity index (χ0) is 10.3. The number of aliphatic carboxylic acids is 1. The van der Waals surface area contributed by atoms with E-state index in [1.54, 1.807) is 0 Å². The van der Waals surface area contributed by atoms with Crippen molar-refractivity contribution in [3.05, 3.63) is 11.6 Å². The van der Waals surface area contributed by atoms with Gasteiger partial charge in [-0.1, -0.05) is 26.2 Å². The number of aliphatic hydroxyl groups is 1. The fourth-order valence-corrected chi connectivity index (χ4v) is 1.05. The molecular weight excluding hydrogens is 168 g/mol. The minimum absolute atomic E-state index is 0.212. The third-order valence-electron chi connectivity index (χ3n) is 1.88. The predicted octanol–water partition coefficient (Wildman–Crippen LogP) is 1.96. The van der Waals surface area contributed by atoms with Crippen LogP contribution in [0.5, 0.6) is 0 Å². The second kappa shape index (κ2) is 6.66. The van der Waals surface area contributed by atoms with Gasteiger partial charge >= 0.3 is 5.97 Å². The maximum atomic E-state index is 10.4. The van der Waals surface area contributed by atoms with Crippen molar-refractivity contribution in [3.8, 4) is 0 Å². The molecule has 0 fully saturated rings. The van der Waals surface area contributed by atoms with E-state index in [4.69, 9.17) is 5.11 Å². The molecule has 3 nitrogen and oxygen atoms in total. The Kier molecular flexibility index (Phi) is 6.24. The van der Waals surface area contributed by atoms with E-state index < -0.39 is 12.1 Å². The molecule has 0 heterocycles. The quantitative estimate of drug-likeness (QED) is 0.492. The fourth-order valence-electron chi connectivity index (χ4n) is 1.05. The second-order valence-corrected chi connectivity index (χ2v) is 3.22. The molecule has 0 aliphatic rings. The first-order valence-corrected chi connectivity index (χ1v) is 4.67. The van der Waals surface area contributed by atoms with Crippen LogP contribution in [0.1, 0.15) is 39.5 Å². The Morgan fingerprint density at radius 3 is 2.54 bits per heavy atom. The van der Waals surface area contributed by atoms with E-state index in [0.717, 1.165) is 19.3 Å². The number of aliphatic hydroxyl groups excluding tert-OH is 1. The summed E-state index contributed by atoms with van der Waals surface area (Å²) in [5, 5.41) is 17.9.